The van der Waals surface area contributed by atoms with E-state index in [-0.39, 0.29) is 0 Å². The second-order valence-corrected chi connectivity index (χ2v) is 3.07. The summed E-state index contributed by atoms with van der Waals surface area (Å²) in [6.45, 7) is 0. The lowest BCUT2D eigenvalue weighted by atomic mass is 10.3. The summed E-state index contributed by atoms with van der Waals surface area (Å²) in [5, 5.41) is 2.83. The number of anilines is 1. The number of thiocarbonyl (C=S) groups is 1. The van der Waals surface area contributed by atoms with E-state index in [0.29, 0.717) is 0 Å². The summed E-state index contributed by atoms with van der Waals surface area (Å²) < 4.78 is 1.15. The summed E-state index contributed by atoms with van der Waals surface area (Å²) in [6, 6.07) is 7.91. The standard InChI is InChI=1S/C7H5INS/c8-6-3-1-2-4-7(6)9-5-10/h1-4H,(H,9,10). The third-order valence-electron chi connectivity index (χ3n) is 1.06. The quantitative estimate of drug-likeness (QED) is 0.499. The van der Waals surface area contributed by atoms with E-state index in [1.807, 2.05) is 24.3 Å². The lowest BCUT2D eigenvalue weighted by molar-refractivity contribution is 1.61. The molecule has 1 aromatic carbocycles. The third kappa shape index (κ3) is 1.91. The van der Waals surface area contributed by atoms with Crippen LogP contribution in [-0.4, -0.2) is 5.49 Å². The minimum atomic E-state index is 1.01. The molecule has 0 fully saturated rings. The van der Waals surface area contributed by atoms with Crippen molar-refractivity contribution in [3.8, 4) is 0 Å². The minimum absolute atomic E-state index is 1.01. The van der Waals surface area contributed by atoms with Gasteiger partial charge in [0.05, 0.1) is 5.69 Å². The predicted molar refractivity (Wildman–Crippen MR) is 55.4 cm³/mol. The molecule has 0 saturated heterocycles. The molecule has 10 heavy (non-hydrogen) atoms. The molecule has 1 N–H and O–H groups in total. The second kappa shape index (κ2) is 3.88. The molecule has 51 valence electrons. The molecule has 0 aliphatic rings. The molecule has 3 heteroatoms. The summed E-state index contributed by atoms with van der Waals surface area (Å²) in [7, 11) is 0. The van der Waals surface area contributed by atoms with Gasteiger partial charge in [-0.05, 0) is 34.7 Å². The van der Waals surface area contributed by atoms with Gasteiger partial charge in [0.1, 0.15) is 5.49 Å². The minimum Gasteiger partial charge on any atom is -0.343 e. The van der Waals surface area contributed by atoms with Crippen molar-refractivity contribution >= 4 is 46.0 Å². The van der Waals surface area contributed by atoms with Gasteiger partial charge >= 0.3 is 0 Å². The Hall–Kier alpha value is -0.160. The summed E-state index contributed by atoms with van der Waals surface area (Å²) in [5.74, 6) is 0. The van der Waals surface area contributed by atoms with Crippen LogP contribution in [0, 0.1) is 3.57 Å². The predicted octanol–water partition coefficient (Wildman–Crippen LogP) is 2.54. The molecule has 0 amide bonds. The highest BCUT2D eigenvalue weighted by Gasteiger charge is 1.92. The van der Waals surface area contributed by atoms with E-state index in [0.717, 1.165) is 9.26 Å². The highest BCUT2D eigenvalue weighted by molar-refractivity contribution is 14.1. The molecular weight excluding hydrogens is 257 g/mol. The van der Waals surface area contributed by atoms with Crippen LogP contribution in [-0.2, 0) is 0 Å². The molecule has 0 aliphatic carbocycles. The molecule has 0 atom stereocenters. The van der Waals surface area contributed by atoms with Crippen molar-refractivity contribution in [2.75, 3.05) is 5.32 Å². The molecule has 1 radical (unpaired) electrons. The van der Waals surface area contributed by atoms with Gasteiger partial charge in [-0.25, -0.2) is 0 Å². The van der Waals surface area contributed by atoms with Crippen LogP contribution in [0.25, 0.3) is 0 Å². The first kappa shape index (κ1) is 7.94. The zero-order valence-electron chi connectivity index (χ0n) is 5.10. The first-order valence-electron chi connectivity index (χ1n) is 2.72. The Morgan fingerprint density at radius 1 is 1.40 bits per heavy atom. The SMILES string of the molecule is S=[C]Nc1ccccc1I. The molecule has 0 unspecified atom stereocenters. The highest BCUT2D eigenvalue weighted by Crippen LogP contribution is 2.15. The van der Waals surface area contributed by atoms with Crippen molar-refractivity contribution in [2.45, 2.75) is 0 Å². The Morgan fingerprint density at radius 2 is 2.10 bits per heavy atom. The van der Waals surface area contributed by atoms with Gasteiger partial charge in [0.2, 0.25) is 0 Å². The van der Waals surface area contributed by atoms with Crippen molar-refractivity contribution in [2.24, 2.45) is 0 Å². The smallest absolute Gasteiger partial charge is 0.138 e. The van der Waals surface area contributed by atoms with E-state index < -0.39 is 0 Å². The van der Waals surface area contributed by atoms with E-state index in [4.69, 9.17) is 0 Å². The average Bonchev–Trinajstić information content (AvgIpc) is 1.94. The summed E-state index contributed by atoms with van der Waals surface area (Å²) in [5.41, 5.74) is 3.47. The first-order chi connectivity index (χ1) is 4.84. The average molecular weight is 262 g/mol. The van der Waals surface area contributed by atoms with Crippen LogP contribution in [0.1, 0.15) is 0 Å². The van der Waals surface area contributed by atoms with Crippen LogP contribution in [0.3, 0.4) is 0 Å². The number of benzene rings is 1. The number of hydrogen-bond donors (Lipinski definition) is 1. The Kier molecular flexibility index (Phi) is 3.08. The van der Waals surface area contributed by atoms with E-state index >= 15 is 0 Å². The number of hydrogen-bond acceptors (Lipinski definition) is 1. The fourth-order valence-electron chi connectivity index (χ4n) is 0.618. The molecule has 1 rings (SSSR count). The number of halogens is 1. The van der Waals surface area contributed by atoms with E-state index in [1.165, 1.54) is 0 Å². The summed E-state index contributed by atoms with van der Waals surface area (Å²) >= 11 is 6.76. The van der Waals surface area contributed by atoms with Crippen molar-refractivity contribution in [1.82, 2.24) is 0 Å². The van der Waals surface area contributed by atoms with Crippen LogP contribution in [0.4, 0.5) is 5.69 Å². The van der Waals surface area contributed by atoms with E-state index in [1.54, 1.807) is 0 Å². The molecule has 0 heterocycles. The van der Waals surface area contributed by atoms with Crippen molar-refractivity contribution < 1.29 is 0 Å². The lowest BCUT2D eigenvalue weighted by Gasteiger charge is -1.99. The zero-order valence-corrected chi connectivity index (χ0v) is 8.07. The first-order valence-corrected chi connectivity index (χ1v) is 4.21. The Balaban J connectivity index is 2.91. The van der Waals surface area contributed by atoms with Gasteiger partial charge in [-0.2, -0.15) is 0 Å². The summed E-state index contributed by atoms with van der Waals surface area (Å²) in [6.07, 6.45) is 0. The van der Waals surface area contributed by atoms with Gasteiger partial charge < -0.3 is 5.32 Å². The summed E-state index contributed by atoms with van der Waals surface area (Å²) in [4.78, 5) is 0. The number of nitrogens with one attached hydrogen (secondary N) is 1. The molecule has 0 aliphatic heterocycles. The van der Waals surface area contributed by atoms with Gasteiger partial charge in [0.15, 0.2) is 0 Å². The Labute approximate surface area is 79.0 Å². The van der Waals surface area contributed by atoms with Crippen LogP contribution in [0.15, 0.2) is 24.3 Å². The maximum atomic E-state index is 4.53. The van der Waals surface area contributed by atoms with E-state index in [2.05, 4.69) is 45.6 Å². The van der Waals surface area contributed by atoms with Crippen molar-refractivity contribution in [3.63, 3.8) is 0 Å². The third-order valence-corrected chi connectivity index (χ3v) is 2.10. The topological polar surface area (TPSA) is 12.0 Å². The maximum Gasteiger partial charge on any atom is 0.138 e. The van der Waals surface area contributed by atoms with Crippen LogP contribution in [0.2, 0.25) is 0 Å². The second-order valence-electron chi connectivity index (χ2n) is 1.71. The molecule has 1 aromatic rings. The highest BCUT2D eigenvalue weighted by atomic mass is 127. The van der Waals surface area contributed by atoms with Gasteiger partial charge in [-0.1, -0.05) is 24.4 Å². The fourth-order valence-corrected chi connectivity index (χ4v) is 1.25. The lowest BCUT2D eigenvalue weighted by Crippen LogP contribution is -1.93. The Bertz CT molecular complexity index is 237. The molecule has 0 saturated carbocycles. The Morgan fingerprint density at radius 3 is 2.70 bits per heavy atom. The number of rotatable bonds is 2. The molecule has 1 nitrogen and oxygen atoms in total. The zero-order chi connectivity index (χ0) is 7.40. The van der Waals surface area contributed by atoms with E-state index in [9.17, 15) is 0 Å². The monoisotopic (exact) mass is 262 g/mol. The fraction of sp³-hybridized carbons (Fsp3) is 0. The van der Waals surface area contributed by atoms with Gasteiger partial charge in [-0.15, -0.1) is 0 Å². The van der Waals surface area contributed by atoms with Crippen LogP contribution < -0.4 is 5.32 Å². The van der Waals surface area contributed by atoms with Gasteiger partial charge in [-0.3, -0.25) is 0 Å². The van der Waals surface area contributed by atoms with Crippen molar-refractivity contribution in [1.29, 1.82) is 0 Å². The molecule has 0 bridgehead atoms. The number of para-hydroxylation sites is 1. The van der Waals surface area contributed by atoms with Crippen molar-refractivity contribution in [3.05, 3.63) is 27.8 Å². The largest absolute Gasteiger partial charge is 0.343 e. The molecule has 0 spiro atoms. The van der Waals surface area contributed by atoms with Gasteiger partial charge in [0.25, 0.3) is 0 Å². The maximum absolute atomic E-state index is 4.53. The van der Waals surface area contributed by atoms with Crippen LogP contribution in [0.5, 0.6) is 0 Å². The molecular formula is C7H5INS. The van der Waals surface area contributed by atoms with Crippen LogP contribution >= 0.6 is 34.8 Å². The normalized spacial score (nSPS) is 8.90. The van der Waals surface area contributed by atoms with Gasteiger partial charge in [0, 0.05) is 3.57 Å². The molecule has 0 aromatic heterocycles.